The van der Waals surface area contributed by atoms with Gasteiger partial charge in [-0.3, -0.25) is 4.79 Å². The number of nitrogens with zero attached hydrogens (tertiary/aromatic N) is 1. The molecule has 0 unspecified atom stereocenters. The maximum Gasteiger partial charge on any atom is 0.185 e. The molecule has 1 aliphatic heterocycles. The Bertz CT molecular complexity index is 607. The van der Waals surface area contributed by atoms with E-state index in [9.17, 15) is 4.79 Å². The molecule has 0 spiro atoms. The maximum absolute atomic E-state index is 12.1. The molecule has 1 fully saturated rings. The van der Waals surface area contributed by atoms with E-state index in [2.05, 4.69) is 17.0 Å². The van der Waals surface area contributed by atoms with Crippen LogP contribution in [-0.4, -0.2) is 18.9 Å². The molecule has 0 saturated carbocycles. The number of carbonyl (C=O) groups is 1. The van der Waals surface area contributed by atoms with E-state index in [1.165, 1.54) is 24.9 Å². The lowest BCUT2D eigenvalue weighted by Crippen LogP contribution is -2.29. The van der Waals surface area contributed by atoms with Crippen LogP contribution in [-0.2, 0) is 0 Å². The lowest BCUT2D eigenvalue weighted by atomic mass is 10.1. The monoisotopic (exact) mass is 297 g/mol. The lowest BCUT2D eigenvalue weighted by molar-refractivity contribution is 0.104. The van der Waals surface area contributed by atoms with E-state index in [0.29, 0.717) is 0 Å². The highest BCUT2D eigenvalue weighted by molar-refractivity contribution is 7.10. The summed E-state index contributed by atoms with van der Waals surface area (Å²) in [6.45, 7) is 2.26. The Morgan fingerprint density at radius 1 is 1.05 bits per heavy atom. The number of rotatable bonds is 4. The van der Waals surface area contributed by atoms with E-state index >= 15 is 0 Å². The molecule has 2 heterocycles. The molecule has 0 bridgehead atoms. The van der Waals surface area contributed by atoms with Gasteiger partial charge in [0.15, 0.2) is 5.78 Å². The molecule has 108 valence electrons. The van der Waals surface area contributed by atoms with Crippen LogP contribution in [0.3, 0.4) is 0 Å². The molecule has 0 radical (unpaired) electrons. The number of hydrogen-bond acceptors (Lipinski definition) is 3. The summed E-state index contributed by atoms with van der Waals surface area (Å²) in [5.41, 5.74) is 1.98. The van der Waals surface area contributed by atoms with Gasteiger partial charge >= 0.3 is 0 Å². The van der Waals surface area contributed by atoms with Crippen molar-refractivity contribution in [3.05, 3.63) is 58.3 Å². The number of ketones is 1. The summed E-state index contributed by atoms with van der Waals surface area (Å²) < 4.78 is 0. The van der Waals surface area contributed by atoms with E-state index in [1.54, 1.807) is 17.4 Å². The highest BCUT2D eigenvalue weighted by Gasteiger charge is 2.11. The summed E-state index contributed by atoms with van der Waals surface area (Å²) in [5.74, 6) is 0.0635. The summed E-state index contributed by atoms with van der Waals surface area (Å²) in [4.78, 5) is 15.6. The van der Waals surface area contributed by atoms with Crippen LogP contribution in [0.1, 0.15) is 34.5 Å². The van der Waals surface area contributed by atoms with Gasteiger partial charge in [-0.1, -0.05) is 6.07 Å². The van der Waals surface area contributed by atoms with Crippen molar-refractivity contribution in [2.24, 2.45) is 0 Å². The molecule has 2 nitrogen and oxygen atoms in total. The van der Waals surface area contributed by atoms with Crippen molar-refractivity contribution < 1.29 is 4.79 Å². The fourth-order valence-corrected chi connectivity index (χ4v) is 3.25. The van der Waals surface area contributed by atoms with Crippen LogP contribution in [0.25, 0.3) is 6.08 Å². The zero-order valence-electron chi connectivity index (χ0n) is 12.0. The third-order valence-corrected chi connectivity index (χ3v) is 4.65. The second kappa shape index (κ2) is 6.72. The standard InChI is InChI=1S/C18H19NOS/c20-18(11-10-17-5-4-14-21-17)15-6-8-16(9-7-15)19-12-2-1-3-13-19/h4-11,14H,1-3,12-13H2/b11-10+. The van der Waals surface area contributed by atoms with Gasteiger partial charge in [0.05, 0.1) is 0 Å². The highest BCUT2D eigenvalue weighted by atomic mass is 32.1. The first-order chi connectivity index (χ1) is 10.3. The number of thiophene rings is 1. The predicted octanol–water partition coefficient (Wildman–Crippen LogP) is 4.63. The van der Waals surface area contributed by atoms with Crippen molar-refractivity contribution in [3.8, 4) is 0 Å². The molecule has 21 heavy (non-hydrogen) atoms. The molecule has 3 rings (SSSR count). The van der Waals surface area contributed by atoms with Gasteiger partial charge in [-0.25, -0.2) is 0 Å². The van der Waals surface area contributed by atoms with Gasteiger partial charge in [-0.2, -0.15) is 0 Å². The third-order valence-electron chi connectivity index (χ3n) is 3.82. The Hall–Kier alpha value is -1.87. The van der Waals surface area contributed by atoms with E-state index in [-0.39, 0.29) is 5.78 Å². The van der Waals surface area contributed by atoms with Crippen molar-refractivity contribution >= 4 is 28.9 Å². The van der Waals surface area contributed by atoms with E-state index in [0.717, 1.165) is 23.5 Å². The van der Waals surface area contributed by atoms with Gasteiger partial charge in [0.2, 0.25) is 0 Å². The molecule has 0 atom stereocenters. The zero-order chi connectivity index (χ0) is 14.5. The van der Waals surface area contributed by atoms with Crippen molar-refractivity contribution in [2.45, 2.75) is 19.3 Å². The Morgan fingerprint density at radius 2 is 1.81 bits per heavy atom. The second-order valence-electron chi connectivity index (χ2n) is 5.31. The molecular formula is C18H19NOS. The van der Waals surface area contributed by atoms with Crippen molar-refractivity contribution in [3.63, 3.8) is 0 Å². The third kappa shape index (κ3) is 3.61. The predicted molar refractivity (Wildman–Crippen MR) is 90.2 cm³/mol. The molecule has 0 amide bonds. The maximum atomic E-state index is 12.1. The highest BCUT2D eigenvalue weighted by Crippen LogP contribution is 2.20. The summed E-state index contributed by atoms with van der Waals surface area (Å²) in [5, 5.41) is 2.01. The van der Waals surface area contributed by atoms with Crippen LogP contribution in [0.2, 0.25) is 0 Å². The Labute approximate surface area is 129 Å². The normalized spacial score (nSPS) is 15.5. The minimum atomic E-state index is 0.0635. The van der Waals surface area contributed by atoms with Gasteiger partial charge in [-0.05, 0) is 67.1 Å². The number of piperidine rings is 1. The number of anilines is 1. The van der Waals surface area contributed by atoms with Crippen molar-refractivity contribution in [1.29, 1.82) is 0 Å². The van der Waals surface area contributed by atoms with Crippen LogP contribution >= 0.6 is 11.3 Å². The van der Waals surface area contributed by atoms with Crippen molar-refractivity contribution in [1.82, 2.24) is 0 Å². The second-order valence-corrected chi connectivity index (χ2v) is 6.29. The summed E-state index contributed by atoms with van der Waals surface area (Å²) in [6.07, 6.45) is 7.41. The molecule has 3 heteroatoms. The molecule has 1 aliphatic rings. The number of hydrogen-bond donors (Lipinski definition) is 0. The van der Waals surface area contributed by atoms with Gasteiger partial charge in [0, 0.05) is 29.2 Å². The van der Waals surface area contributed by atoms with Crippen LogP contribution in [0, 0.1) is 0 Å². The summed E-state index contributed by atoms with van der Waals surface area (Å²) >= 11 is 1.64. The van der Waals surface area contributed by atoms with Gasteiger partial charge < -0.3 is 4.90 Å². The first kappa shape index (κ1) is 14.1. The first-order valence-electron chi connectivity index (χ1n) is 7.44. The van der Waals surface area contributed by atoms with Crippen LogP contribution in [0.5, 0.6) is 0 Å². The van der Waals surface area contributed by atoms with E-state index in [4.69, 9.17) is 0 Å². The molecule has 1 saturated heterocycles. The first-order valence-corrected chi connectivity index (χ1v) is 8.32. The quantitative estimate of drug-likeness (QED) is 0.605. The van der Waals surface area contributed by atoms with Gasteiger partial charge in [0.1, 0.15) is 0 Å². The van der Waals surface area contributed by atoms with Gasteiger partial charge in [0.25, 0.3) is 0 Å². The number of carbonyl (C=O) groups excluding carboxylic acids is 1. The fourth-order valence-electron chi connectivity index (χ4n) is 2.63. The number of allylic oxidation sites excluding steroid dienone is 1. The lowest BCUT2D eigenvalue weighted by Gasteiger charge is -2.28. The molecule has 1 aromatic carbocycles. The molecule has 0 aliphatic carbocycles. The average Bonchev–Trinajstić information content (AvgIpc) is 3.07. The van der Waals surface area contributed by atoms with E-state index in [1.807, 2.05) is 35.7 Å². The minimum absolute atomic E-state index is 0.0635. The largest absolute Gasteiger partial charge is 0.372 e. The smallest absolute Gasteiger partial charge is 0.185 e. The molecule has 2 aromatic rings. The Kier molecular flexibility index (Phi) is 4.51. The van der Waals surface area contributed by atoms with Gasteiger partial charge in [-0.15, -0.1) is 11.3 Å². The van der Waals surface area contributed by atoms with E-state index < -0.39 is 0 Å². The Balaban J connectivity index is 1.67. The topological polar surface area (TPSA) is 20.3 Å². The summed E-state index contributed by atoms with van der Waals surface area (Å²) in [7, 11) is 0. The molecular weight excluding hydrogens is 278 g/mol. The Morgan fingerprint density at radius 3 is 2.48 bits per heavy atom. The zero-order valence-corrected chi connectivity index (χ0v) is 12.8. The van der Waals surface area contributed by atoms with Crippen molar-refractivity contribution in [2.75, 3.05) is 18.0 Å². The summed E-state index contributed by atoms with van der Waals surface area (Å²) in [6, 6.07) is 12.0. The van der Waals surface area contributed by atoms with Crippen LogP contribution in [0.15, 0.2) is 47.9 Å². The molecule has 1 aromatic heterocycles. The fraction of sp³-hybridized carbons (Fsp3) is 0.278. The van der Waals surface area contributed by atoms with Crippen LogP contribution < -0.4 is 4.90 Å². The molecule has 0 N–H and O–H groups in total. The van der Waals surface area contributed by atoms with Crippen LogP contribution in [0.4, 0.5) is 5.69 Å². The minimum Gasteiger partial charge on any atom is -0.372 e. The number of benzene rings is 1. The SMILES string of the molecule is O=C(/C=C/c1cccs1)c1ccc(N2CCCCC2)cc1. The average molecular weight is 297 g/mol.